The van der Waals surface area contributed by atoms with Crippen molar-refractivity contribution < 1.29 is 14.3 Å². The van der Waals surface area contributed by atoms with E-state index >= 15 is 0 Å². The summed E-state index contributed by atoms with van der Waals surface area (Å²) in [6, 6.07) is 12.1. The van der Waals surface area contributed by atoms with Crippen molar-refractivity contribution in [3.63, 3.8) is 0 Å². The number of halogens is 3. The van der Waals surface area contributed by atoms with Gasteiger partial charge in [-0.25, -0.2) is 0 Å². The number of hydrogen-bond donors (Lipinski definition) is 2. The topological polar surface area (TPSA) is 67.4 Å². The minimum Gasteiger partial charge on any atom is -0.381 e. The normalized spacial score (nSPS) is 15.4. The Morgan fingerprint density at radius 2 is 1.63 bits per heavy atom. The number of ether oxygens (including phenoxy) is 1. The molecule has 2 aromatic carbocycles. The second-order valence-corrected chi connectivity index (χ2v) is 8.51. The van der Waals surface area contributed by atoms with Gasteiger partial charge in [-0.15, -0.1) is 0 Å². The van der Waals surface area contributed by atoms with Crippen molar-refractivity contribution in [2.24, 2.45) is 0 Å². The van der Waals surface area contributed by atoms with Crippen LogP contribution in [0.15, 0.2) is 42.5 Å². The maximum absolute atomic E-state index is 13.2. The van der Waals surface area contributed by atoms with Crippen LogP contribution < -0.4 is 10.6 Å². The second-order valence-electron chi connectivity index (χ2n) is 7.23. The first-order valence-electron chi connectivity index (χ1n) is 9.78. The minimum atomic E-state index is -0.758. The molecule has 1 aliphatic heterocycles. The van der Waals surface area contributed by atoms with Gasteiger partial charge < -0.3 is 15.4 Å². The lowest BCUT2D eigenvalue weighted by Crippen LogP contribution is -2.48. The quantitative estimate of drug-likeness (QED) is 0.546. The Bertz CT molecular complexity index is 897. The predicted molar refractivity (Wildman–Crippen MR) is 121 cm³/mol. The first-order valence-corrected chi connectivity index (χ1v) is 10.9. The zero-order valence-electron chi connectivity index (χ0n) is 16.3. The van der Waals surface area contributed by atoms with Crippen LogP contribution in [0.25, 0.3) is 0 Å². The molecule has 0 radical (unpaired) electrons. The van der Waals surface area contributed by atoms with Crippen LogP contribution in [0.3, 0.4) is 0 Å². The molecule has 0 atom stereocenters. The van der Waals surface area contributed by atoms with E-state index in [0.717, 1.165) is 5.56 Å². The van der Waals surface area contributed by atoms with Crippen molar-refractivity contribution in [3.8, 4) is 0 Å². The van der Waals surface area contributed by atoms with Gasteiger partial charge in [0.15, 0.2) is 0 Å². The lowest BCUT2D eigenvalue weighted by Gasteiger charge is -2.36. The number of benzene rings is 2. The molecule has 8 heteroatoms. The third-order valence-corrected chi connectivity index (χ3v) is 6.02. The Balaban J connectivity index is 1.56. The summed E-state index contributed by atoms with van der Waals surface area (Å²) < 4.78 is 5.47. The average Bonchev–Trinajstić information content (AvgIpc) is 2.73. The fraction of sp³-hybridized carbons (Fsp3) is 0.364. The molecule has 1 fully saturated rings. The standard InChI is InChI=1S/C22H23Cl3N2O3/c23-15-3-6-17(7-4-15)27-20(28)2-1-11-26-21(29)22(9-12-30-13-10-22)18-8-5-16(24)14-19(18)25/h3-8,14H,1-2,9-13H2,(H,26,29)(H,27,28). The lowest BCUT2D eigenvalue weighted by molar-refractivity contribution is -0.130. The van der Waals surface area contributed by atoms with Gasteiger partial charge in [0.05, 0.1) is 5.41 Å². The third kappa shape index (κ3) is 5.67. The minimum absolute atomic E-state index is 0.104. The highest BCUT2D eigenvalue weighted by Crippen LogP contribution is 2.39. The number of carbonyl (C=O) groups is 2. The van der Waals surface area contributed by atoms with Gasteiger partial charge in [0.2, 0.25) is 11.8 Å². The molecule has 0 aliphatic carbocycles. The fourth-order valence-corrected chi connectivity index (χ4v) is 4.31. The zero-order valence-corrected chi connectivity index (χ0v) is 18.6. The van der Waals surface area contributed by atoms with E-state index in [9.17, 15) is 9.59 Å². The molecule has 2 amide bonds. The SMILES string of the molecule is O=C(CCCNC(=O)C1(c2ccc(Cl)cc2Cl)CCOCC1)Nc1ccc(Cl)cc1. The molecule has 1 heterocycles. The van der Waals surface area contributed by atoms with Crippen LogP contribution in [0.4, 0.5) is 5.69 Å². The Morgan fingerprint density at radius 3 is 2.30 bits per heavy atom. The Morgan fingerprint density at radius 1 is 0.967 bits per heavy atom. The van der Waals surface area contributed by atoms with Gasteiger partial charge in [-0.05, 0) is 61.2 Å². The smallest absolute Gasteiger partial charge is 0.230 e. The summed E-state index contributed by atoms with van der Waals surface area (Å²) in [5, 5.41) is 7.40. The summed E-state index contributed by atoms with van der Waals surface area (Å²) >= 11 is 18.3. The molecule has 0 spiro atoms. The van der Waals surface area contributed by atoms with Crippen molar-refractivity contribution >= 4 is 52.3 Å². The van der Waals surface area contributed by atoms with Crippen LogP contribution >= 0.6 is 34.8 Å². The van der Waals surface area contributed by atoms with Crippen molar-refractivity contribution in [1.82, 2.24) is 5.32 Å². The molecule has 0 unspecified atom stereocenters. The molecule has 30 heavy (non-hydrogen) atoms. The van der Waals surface area contributed by atoms with Crippen LogP contribution in [-0.4, -0.2) is 31.6 Å². The molecular formula is C22H23Cl3N2O3. The van der Waals surface area contributed by atoms with E-state index in [0.29, 0.717) is 66.2 Å². The summed E-state index contributed by atoms with van der Waals surface area (Å²) in [5.74, 6) is -0.221. The second kappa shape index (κ2) is 10.5. The van der Waals surface area contributed by atoms with E-state index in [-0.39, 0.29) is 11.8 Å². The lowest BCUT2D eigenvalue weighted by atomic mass is 9.73. The molecule has 0 saturated carbocycles. The highest BCUT2D eigenvalue weighted by molar-refractivity contribution is 6.35. The van der Waals surface area contributed by atoms with Crippen LogP contribution in [0.5, 0.6) is 0 Å². The van der Waals surface area contributed by atoms with Crippen molar-refractivity contribution in [2.75, 3.05) is 25.1 Å². The first-order chi connectivity index (χ1) is 14.4. The van der Waals surface area contributed by atoms with Gasteiger partial charge >= 0.3 is 0 Å². The van der Waals surface area contributed by atoms with Crippen LogP contribution in [0.2, 0.25) is 15.1 Å². The Labute approximate surface area is 191 Å². The summed E-state index contributed by atoms with van der Waals surface area (Å²) in [7, 11) is 0. The van der Waals surface area contributed by atoms with E-state index in [1.807, 2.05) is 6.07 Å². The number of carbonyl (C=O) groups excluding carboxylic acids is 2. The molecule has 1 aliphatic rings. The number of rotatable bonds is 7. The molecular weight excluding hydrogens is 447 g/mol. The van der Waals surface area contributed by atoms with Gasteiger partial charge in [0, 0.05) is 46.9 Å². The zero-order chi connectivity index (χ0) is 21.6. The van der Waals surface area contributed by atoms with Gasteiger partial charge in [-0.1, -0.05) is 40.9 Å². The molecule has 0 bridgehead atoms. The predicted octanol–water partition coefficient (Wildman–Crippen LogP) is 5.23. The van der Waals surface area contributed by atoms with Crippen LogP contribution in [0.1, 0.15) is 31.2 Å². The number of hydrogen-bond acceptors (Lipinski definition) is 3. The van der Waals surface area contributed by atoms with E-state index in [1.54, 1.807) is 36.4 Å². The summed E-state index contributed by atoms with van der Waals surface area (Å²) in [4.78, 5) is 25.3. The highest BCUT2D eigenvalue weighted by Gasteiger charge is 2.42. The van der Waals surface area contributed by atoms with E-state index in [2.05, 4.69) is 10.6 Å². The maximum Gasteiger partial charge on any atom is 0.230 e. The Kier molecular flexibility index (Phi) is 8.00. The summed E-state index contributed by atoms with van der Waals surface area (Å²) in [5.41, 5.74) is 0.688. The fourth-order valence-electron chi connectivity index (χ4n) is 3.59. The van der Waals surface area contributed by atoms with Crippen molar-refractivity contribution in [2.45, 2.75) is 31.1 Å². The van der Waals surface area contributed by atoms with Crippen LogP contribution in [0, 0.1) is 0 Å². The molecule has 160 valence electrons. The van der Waals surface area contributed by atoms with Crippen LogP contribution in [-0.2, 0) is 19.7 Å². The molecule has 0 aromatic heterocycles. The van der Waals surface area contributed by atoms with E-state index < -0.39 is 5.41 Å². The Hall–Kier alpha value is -1.79. The summed E-state index contributed by atoms with van der Waals surface area (Å²) in [6.07, 6.45) is 1.89. The van der Waals surface area contributed by atoms with E-state index in [1.165, 1.54) is 0 Å². The average molecular weight is 470 g/mol. The number of anilines is 1. The van der Waals surface area contributed by atoms with Gasteiger partial charge in [0.1, 0.15) is 0 Å². The maximum atomic E-state index is 13.2. The molecule has 2 N–H and O–H groups in total. The highest BCUT2D eigenvalue weighted by atomic mass is 35.5. The monoisotopic (exact) mass is 468 g/mol. The van der Waals surface area contributed by atoms with Gasteiger partial charge in [0.25, 0.3) is 0 Å². The molecule has 2 aromatic rings. The van der Waals surface area contributed by atoms with E-state index in [4.69, 9.17) is 39.5 Å². The molecule has 5 nitrogen and oxygen atoms in total. The largest absolute Gasteiger partial charge is 0.381 e. The number of nitrogens with one attached hydrogen (secondary N) is 2. The van der Waals surface area contributed by atoms with Gasteiger partial charge in [-0.3, -0.25) is 9.59 Å². The van der Waals surface area contributed by atoms with Gasteiger partial charge in [-0.2, -0.15) is 0 Å². The number of amides is 2. The molecule has 1 saturated heterocycles. The molecule has 3 rings (SSSR count). The van der Waals surface area contributed by atoms with Crippen molar-refractivity contribution in [1.29, 1.82) is 0 Å². The van der Waals surface area contributed by atoms with Crippen molar-refractivity contribution in [3.05, 3.63) is 63.1 Å². The summed E-state index contributed by atoms with van der Waals surface area (Å²) in [6.45, 7) is 1.35. The first kappa shape index (κ1) is 22.9. The third-order valence-electron chi connectivity index (χ3n) is 5.22.